The van der Waals surface area contributed by atoms with Gasteiger partial charge in [-0.25, -0.2) is 13.8 Å². The van der Waals surface area contributed by atoms with Gasteiger partial charge in [0.1, 0.15) is 0 Å². The summed E-state index contributed by atoms with van der Waals surface area (Å²) >= 11 is 0. The molecule has 118 valence electrons. The number of hydrogen-bond acceptors (Lipinski definition) is 3. The molecule has 0 bridgehead atoms. The molecule has 1 aliphatic carbocycles. The first-order valence-corrected chi connectivity index (χ1v) is 7.73. The van der Waals surface area contributed by atoms with Gasteiger partial charge >= 0.3 is 0 Å². The summed E-state index contributed by atoms with van der Waals surface area (Å²) in [5, 5.41) is 3.44. The normalized spacial score (nSPS) is 16.3. The van der Waals surface area contributed by atoms with Crippen LogP contribution in [0.5, 0.6) is 0 Å². The Morgan fingerprint density at radius 3 is 2.68 bits per heavy atom. The first-order chi connectivity index (χ1) is 10.6. The summed E-state index contributed by atoms with van der Waals surface area (Å²) in [7, 11) is 0. The fourth-order valence-corrected chi connectivity index (χ4v) is 3.08. The fraction of sp³-hybridized carbons (Fsp3) is 0.500. The molecule has 1 fully saturated rings. The van der Waals surface area contributed by atoms with Crippen molar-refractivity contribution in [2.75, 3.05) is 6.54 Å². The highest BCUT2D eigenvalue weighted by molar-refractivity contribution is 5.74. The number of halogens is 2. The third-order valence-corrected chi connectivity index (χ3v) is 4.26. The summed E-state index contributed by atoms with van der Waals surface area (Å²) < 4.78 is 28.1. The van der Waals surface area contributed by atoms with Crippen molar-refractivity contribution in [1.82, 2.24) is 14.9 Å². The van der Waals surface area contributed by atoms with E-state index in [0.717, 1.165) is 31.2 Å². The molecule has 0 atom stereocenters. The van der Waals surface area contributed by atoms with E-state index >= 15 is 0 Å². The standard InChI is InChI=1S/C16H19F2N3O/c17-12-8-14-15(9-13(12)18)21(16(22)10-20-14)7-6-19-11-4-2-1-3-5-11/h8-11,19H,1-7H2. The van der Waals surface area contributed by atoms with Crippen LogP contribution < -0.4 is 10.9 Å². The molecule has 1 aromatic carbocycles. The van der Waals surface area contributed by atoms with Gasteiger partial charge in [-0.3, -0.25) is 4.79 Å². The summed E-state index contributed by atoms with van der Waals surface area (Å²) in [6, 6.07) is 2.56. The third kappa shape index (κ3) is 3.16. The minimum absolute atomic E-state index is 0.288. The average molecular weight is 307 g/mol. The maximum atomic E-state index is 13.4. The number of fused-ring (bicyclic) bond motifs is 1. The molecular formula is C16H19F2N3O. The zero-order valence-corrected chi connectivity index (χ0v) is 12.3. The second-order valence-corrected chi connectivity index (χ2v) is 5.79. The van der Waals surface area contributed by atoms with Crippen LogP contribution in [0.3, 0.4) is 0 Å². The molecule has 0 spiro atoms. The van der Waals surface area contributed by atoms with Crippen LogP contribution in [-0.4, -0.2) is 22.1 Å². The van der Waals surface area contributed by atoms with E-state index in [1.54, 1.807) is 0 Å². The average Bonchev–Trinajstić information content (AvgIpc) is 2.52. The van der Waals surface area contributed by atoms with Gasteiger partial charge in [-0.1, -0.05) is 19.3 Å². The molecule has 1 aliphatic rings. The highest BCUT2D eigenvalue weighted by Crippen LogP contribution is 2.17. The molecule has 3 rings (SSSR count). The highest BCUT2D eigenvalue weighted by atomic mass is 19.2. The second-order valence-electron chi connectivity index (χ2n) is 5.79. The Morgan fingerprint density at radius 2 is 1.91 bits per heavy atom. The molecule has 0 saturated heterocycles. The van der Waals surface area contributed by atoms with E-state index in [-0.39, 0.29) is 11.1 Å². The molecule has 0 radical (unpaired) electrons. The summed E-state index contributed by atoms with van der Waals surface area (Å²) in [6.07, 6.45) is 7.23. The third-order valence-electron chi connectivity index (χ3n) is 4.26. The van der Waals surface area contributed by atoms with Crippen LogP contribution in [-0.2, 0) is 6.54 Å². The Morgan fingerprint density at radius 1 is 1.18 bits per heavy atom. The van der Waals surface area contributed by atoms with E-state index in [0.29, 0.717) is 24.6 Å². The maximum Gasteiger partial charge on any atom is 0.269 e. The molecule has 0 aliphatic heterocycles. The molecule has 1 saturated carbocycles. The highest BCUT2D eigenvalue weighted by Gasteiger charge is 2.13. The molecule has 6 heteroatoms. The largest absolute Gasteiger partial charge is 0.312 e. The minimum atomic E-state index is -0.964. The Kier molecular flexibility index (Phi) is 4.47. The van der Waals surface area contributed by atoms with Gasteiger partial charge in [0.2, 0.25) is 0 Å². The fourth-order valence-electron chi connectivity index (χ4n) is 3.08. The summed E-state index contributed by atoms with van der Waals surface area (Å²) in [4.78, 5) is 15.8. The van der Waals surface area contributed by atoms with E-state index in [1.165, 1.54) is 23.8 Å². The number of benzene rings is 1. The Bertz CT molecular complexity index is 723. The van der Waals surface area contributed by atoms with Crippen LogP contribution in [0, 0.1) is 11.6 Å². The monoisotopic (exact) mass is 307 g/mol. The maximum absolute atomic E-state index is 13.4. The van der Waals surface area contributed by atoms with Gasteiger partial charge in [0, 0.05) is 31.3 Å². The molecule has 1 aromatic heterocycles. The smallest absolute Gasteiger partial charge is 0.269 e. The molecule has 1 heterocycles. The second kappa shape index (κ2) is 6.52. The predicted octanol–water partition coefficient (Wildman–Crippen LogP) is 2.60. The molecule has 0 amide bonds. The molecule has 22 heavy (non-hydrogen) atoms. The lowest BCUT2D eigenvalue weighted by atomic mass is 9.95. The molecule has 2 aromatic rings. The first-order valence-electron chi connectivity index (χ1n) is 7.73. The van der Waals surface area contributed by atoms with Crippen molar-refractivity contribution in [3.8, 4) is 0 Å². The van der Waals surface area contributed by atoms with Crippen LogP contribution in [0.25, 0.3) is 11.0 Å². The Labute approximate surface area is 127 Å². The van der Waals surface area contributed by atoms with Gasteiger partial charge < -0.3 is 9.88 Å². The van der Waals surface area contributed by atoms with E-state index in [4.69, 9.17) is 0 Å². The number of nitrogens with zero attached hydrogens (tertiary/aromatic N) is 2. The number of hydrogen-bond donors (Lipinski definition) is 1. The zero-order chi connectivity index (χ0) is 15.5. The Balaban J connectivity index is 1.78. The molecule has 1 N–H and O–H groups in total. The lowest BCUT2D eigenvalue weighted by molar-refractivity contribution is 0.368. The molecule has 4 nitrogen and oxygen atoms in total. The number of aromatic nitrogens is 2. The van der Waals surface area contributed by atoms with Crippen molar-refractivity contribution in [2.24, 2.45) is 0 Å². The molecular weight excluding hydrogens is 288 g/mol. The van der Waals surface area contributed by atoms with Crippen molar-refractivity contribution >= 4 is 11.0 Å². The van der Waals surface area contributed by atoms with Gasteiger partial charge in [-0.2, -0.15) is 0 Å². The van der Waals surface area contributed by atoms with E-state index in [2.05, 4.69) is 10.3 Å². The molecule has 0 unspecified atom stereocenters. The van der Waals surface area contributed by atoms with Crippen LogP contribution >= 0.6 is 0 Å². The van der Waals surface area contributed by atoms with Crippen LogP contribution in [0.2, 0.25) is 0 Å². The lowest BCUT2D eigenvalue weighted by Gasteiger charge is -2.23. The Hall–Kier alpha value is -1.82. The first kappa shape index (κ1) is 15.1. The van der Waals surface area contributed by atoms with Crippen molar-refractivity contribution in [2.45, 2.75) is 44.7 Å². The SMILES string of the molecule is O=c1cnc2cc(F)c(F)cc2n1CCNC1CCCCC1. The van der Waals surface area contributed by atoms with Gasteiger partial charge in [-0.15, -0.1) is 0 Å². The number of rotatable bonds is 4. The zero-order valence-electron chi connectivity index (χ0n) is 12.3. The van der Waals surface area contributed by atoms with E-state index < -0.39 is 11.6 Å². The van der Waals surface area contributed by atoms with Crippen molar-refractivity contribution in [3.05, 3.63) is 40.3 Å². The van der Waals surface area contributed by atoms with Crippen LogP contribution in [0.1, 0.15) is 32.1 Å². The van der Waals surface area contributed by atoms with Crippen molar-refractivity contribution in [1.29, 1.82) is 0 Å². The van der Waals surface area contributed by atoms with Crippen LogP contribution in [0.4, 0.5) is 8.78 Å². The summed E-state index contributed by atoms with van der Waals surface area (Å²) in [5.41, 5.74) is 0.317. The van der Waals surface area contributed by atoms with E-state index in [1.807, 2.05) is 0 Å². The van der Waals surface area contributed by atoms with Gasteiger partial charge in [0.25, 0.3) is 5.56 Å². The predicted molar refractivity (Wildman–Crippen MR) is 80.8 cm³/mol. The van der Waals surface area contributed by atoms with Crippen molar-refractivity contribution in [3.63, 3.8) is 0 Å². The minimum Gasteiger partial charge on any atom is -0.312 e. The summed E-state index contributed by atoms with van der Waals surface area (Å²) in [5.74, 6) is -1.92. The number of nitrogens with one attached hydrogen (secondary N) is 1. The van der Waals surface area contributed by atoms with Gasteiger partial charge in [0.05, 0.1) is 17.2 Å². The van der Waals surface area contributed by atoms with Crippen LogP contribution in [0.15, 0.2) is 23.1 Å². The van der Waals surface area contributed by atoms with Gasteiger partial charge in [0.15, 0.2) is 11.6 Å². The lowest BCUT2D eigenvalue weighted by Crippen LogP contribution is -2.35. The summed E-state index contributed by atoms with van der Waals surface area (Å²) in [6.45, 7) is 1.04. The van der Waals surface area contributed by atoms with E-state index in [9.17, 15) is 13.6 Å². The van der Waals surface area contributed by atoms with Gasteiger partial charge in [-0.05, 0) is 12.8 Å². The quantitative estimate of drug-likeness (QED) is 0.944. The topological polar surface area (TPSA) is 46.9 Å². The van der Waals surface area contributed by atoms with Crippen molar-refractivity contribution < 1.29 is 8.78 Å².